The summed E-state index contributed by atoms with van der Waals surface area (Å²) in [5.41, 5.74) is 5.92. The van der Waals surface area contributed by atoms with E-state index in [0.717, 1.165) is 45.1 Å². The Kier molecular flexibility index (Phi) is 4.21. The van der Waals surface area contributed by atoms with Gasteiger partial charge in [0, 0.05) is 24.5 Å². The first kappa shape index (κ1) is 12.6. The second-order valence-corrected chi connectivity index (χ2v) is 5.33. The first-order valence-electron chi connectivity index (χ1n) is 6.93. The maximum Gasteiger partial charge on any atom is 0.226 e. The van der Waals surface area contributed by atoms with Gasteiger partial charge in [-0.25, -0.2) is 0 Å². The molecule has 0 aromatic rings. The standard InChI is InChI=1S/C14H24N2O/c1-2-16(13-9-7-12(15)8-10-13)14(17)11-5-3-4-6-11/h3-4,11-13H,2,5-10,15H2,1H3. The molecule has 0 bridgehead atoms. The highest BCUT2D eigenvalue weighted by atomic mass is 16.2. The average Bonchev–Trinajstić information content (AvgIpc) is 2.86. The normalized spacial score (nSPS) is 29.5. The van der Waals surface area contributed by atoms with E-state index in [1.54, 1.807) is 0 Å². The monoisotopic (exact) mass is 236 g/mol. The third kappa shape index (κ3) is 2.89. The Balaban J connectivity index is 1.93. The van der Waals surface area contributed by atoms with Gasteiger partial charge < -0.3 is 10.6 Å². The Morgan fingerprint density at radius 1 is 1.24 bits per heavy atom. The Morgan fingerprint density at radius 2 is 1.82 bits per heavy atom. The molecule has 0 heterocycles. The van der Waals surface area contributed by atoms with Gasteiger partial charge >= 0.3 is 0 Å². The van der Waals surface area contributed by atoms with Gasteiger partial charge in [-0.1, -0.05) is 12.2 Å². The zero-order valence-electron chi connectivity index (χ0n) is 10.8. The summed E-state index contributed by atoms with van der Waals surface area (Å²) in [6, 6.07) is 0.793. The Labute approximate surface area is 104 Å². The largest absolute Gasteiger partial charge is 0.340 e. The predicted octanol–water partition coefficient (Wildman–Crippen LogP) is 2.07. The van der Waals surface area contributed by atoms with E-state index in [1.165, 1.54) is 0 Å². The second-order valence-electron chi connectivity index (χ2n) is 5.33. The molecule has 0 spiro atoms. The van der Waals surface area contributed by atoms with E-state index < -0.39 is 0 Å². The molecule has 0 atom stereocenters. The van der Waals surface area contributed by atoms with Gasteiger partial charge in [-0.15, -0.1) is 0 Å². The minimum Gasteiger partial charge on any atom is -0.340 e. The fourth-order valence-corrected chi connectivity index (χ4v) is 3.06. The molecule has 2 N–H and O–H groups in total. The minimum atomic E-state index is 0.213. The summed E-state index contributed by atoms with van der Waals surface area (Å²) in [5, 5.41) is 0. The summed E-state index contributed by atoms with van der Waals surface area (Å²) in [6.45, 7) is 2.93. The van der Waals surface area contributed by atoms with Crippen molar-refractivity contribution in [2.24, 2.45) is 11.7 Å². The van der Waals surface area contributed by atoms with Crippen LogP contribution in [0.3, 0.4) is 0 Å². The van der Waals surface area contributed by atoms with E-state index >= 15 is 0 Å². The number of amides is 1. The van der Waals surface area contributed by atoms with Crippen LogP contribution in [0.25, 0.3) is 0 Å². The molecule has 3 heteroatoms. The molecule has 1 saturated carbocycles. The molecule has 0 unspecified atom stereocenters. The molecule has 0 aromatic heterocycles. The van der Waals surface area contributed by atoms with Gasteiger partial charge in [0.1, 0.15) is 0 Å². The fraction of sp³-hybridized carbons (Fsp3) is 0.786. The molecule has 17 heavy (non-hydrogen) atoms. The van der Waals surface area contributed by atoms with Crippen molar-refractivity contribution in [3.8, 4) is 0 Å². The van der Waals surface area contributed by atoms with Crippen LogP contribution in [0.1, 0.15) is 45.4 Å². The Morgan fingerprint density at radius 3 is 2.35 bits per heavy atom. The highest BCUT2D eigenvalue weighted by molar-refractivity contribution is 5.80. The highest BCUT2D eigenvalue weighted by Crippen LogP contribution is 2.26. The van der Waals surface area contributed by atoms with Crippen LogP contribution >= 0.6 is 0 Å². The molecule has 2 aliphatic carbocycles. The van der Waals surface area contributed by atoms with Crippen LogP contribution in [-0.4, -0.2) is 29.4 Å². The first-order chi connectivity index (χ1) is 8.22. The van der Waals surface area contributed by atoms with E-state index in [0.29, 0.717) is 18.0 Å². The molecule has 1 amide bonds. The van der Waals surface area contributed by atoms with Crippen molar-refractivity contribution in [2.45, 2.75) is 57.5 Å². The molecule has 2 aliphatic rings. The van der Waals surface area contributed by atoms with Crippen LogP contribution in [0.4, 0.5) is 0 Å². The van der Waals surface area contributed by atoms with Gasteiger partial charge in [0.05, 0.1) is 0 Å². The molecular weight excluding hydrogens is 212 g/mol. The number of carbonyl (C=O) groups is 1. The Hall–Kier alpha value is -0.830. The smallest absolute Gasteiger partial charge is 0.226 e. The molecule has 0 aliphatic heterocycles. The Bertz CT molecular complexity index is 285. The van der Waals surface area contributed by atoms with E-state index in [-0.39, 0.29) is 5.92 Å². The van der Waals surface area contributed by atoms with E-state index in [4.69, 9.17) is 5.73 Å². The van der Waals surface area contributed by atoms with Crippen molar-refractivity contribution in [3.05, 3.63) is 12.2 Å². The van der Waals surface area contributed by atoms with Crippen molar-refractivity contribution in [1.29, 1.82) is 0 Å². The van der Waals surface area contributed by atoms with Gasteiger partial charge in [-0.3, -0.25) is 4.79 Å². The summed E-state index contributed by atoms with van der Waals surface area (Å²) < 4.78 is 0. The van der Waals surface area contributed by atoms with Gasteiger partial charge in [0.15, 0.2) is 0 Å². The maximum absolute atomic E-state index is 12.4. The van der Waals surface area contributed by atoms with Gasteiger partial charge in [0.25, 0.3) is 0 Å². The second kappa shape index (κ2) is 5.67. The van der Waals surface area contributed by atoms with Crippen LogP contribution in [0, 0.1) is 5.92 Å². The third-order valence-electron chi connectivity index (χ3n) is 4.16. The number of hydrogen-bond acceptors (Lipinski definition) is 2. The molecule has 96 valence electrons. The van der Waals surface area contributed by atoms with Crippen LogP contribution in [0.5, 0.6) is 0 Å². The molecule has 0 aromatic carbocycles. The molecular formula is C14H24N2O. The number of allylic oxidation sites excluding steroid dienone is 2. The number of carbonyl (C=O) groups excluding carboxylic acids is 1. The zero-order chi connectivity index (χ0) is 12.3. The summed E-state index contributed by atoms with van der Waals surface area (Å²) in [7, 11) is 0. The van der Waals surface area contributed by atoms with Crippen LogP contribution in [0.2, 0.25) is 0 Å². The third-order valence-corrected chi connectivity index (χ3v) is 4.16. The SMILES string of the molecule is CCN(C(=O)C1CC=CC1)C1CCC(N)CC1. The molecule has 2 rings (SSSR count). The van der Waals surface area contributed by atoms with Crippen LogP contribution in [0.15, 0.2) is 12.2 Å². The van der Waals surface area contributed by atoms with Crippen molar-refractivity contribution in [1.82, 2.24) is 4.90 Å². The van der Waals surface area contributed by atoms with E-state index in [2.05, 4.69) is 24.0 Å². The summed E-state index contributed by atoms with van der Waals surface area (Å²) >= 11 is 0. The topological polar surface area (TPSA) is 46.3 Å². The van der Waals surface area contributed by atoms with Crippen LogP contribution < -0.4 is 5.73 Å². The summed E-state index contributed by atoms with van der Waals surface area (Å²) in [6.07, 6.45) is 10.4. The summed E-state index contributed by atoms with van der Waals surface area (Å²) in [5.74, 6) is 0.573. The zero-order valence-corrected chi connectivity index (χ0v) is 10.8. The fourth-order valence-electron chi connectivity index (χ4n) is 3.06. The average molecular weight is 236 g/mol. The maximum atomic E-state index is 12.4. The lowest BCUT2D eigenvalue weighted by Crippen LogP contribution is -2.46. The van der Waals surface area contributed by atoms with Gasteiger partial charge in [-0.2, -0.15) is 0 Å². The number of hydrogen-bond donors (Lipinski definition) is 1. The molecule has 1 fully saturated rings. The molecule has 3 nitrogen and oxygen atoms in total. The van der Waals surface area contributed by atoms with Crippen LogP contribution in [-0.2, 0) is 4.79 Å². The highest BCUT2D eigenvalue weighted by Gasteiger charge is 2.30. The number of nitrogens with two attached hydrogens (primary N) is 1. The lowest BCUT2D eigenvalue weighted by atomic mass is 9.90. The van der Waals surface area contributed by atoms with Crippen molar-refractivity contribution >= 4 is 5.91 Å². The van der Waals surface area contributed by atoms with Crippen molar-refractivity contribution < 1.29 is 4.79 Å². The van der Waals surface area contributed by atoms with E-state index in [1.807, 2.05) is 0 Å². The van der Waals surface area contributed by atoms with Crippen molar-refractivity contribution in [3.63, 3.8) is 0 Å². The first-order valence-corrected chi connectivity index (χ1v) is 6.93. The quantitative estimate of drug-likeness (QED) is 0.763. The molecule has 0 saturated heterocycles. The van der Waals surface area contributed by atoms with Crippen molar-refractivity contribution in [2.75, 3.05) is 6.54 Å². The van der Waals surface area contributed by atoms with Gasteiger partial charge in [-0.05, 0) is 45.4 Å². The number of nitrogens with zero attached hydrogens (tertiary/aromatic N) is 1. The van der Waals surface area contributed by atoms with Gasteiger partial charge in [0.2, 0.25) is 5.91 Å². The summed E-state index contributed by atoms with van der Waals surface area (Å²) in [4.78, 5) is 14.5. The lowest BCUT2D eigenvalue weighted by Gasteiger charge is -2.36. The lowest BCUT2D eigenvalue weighted by molar-refractivity contribution is -0.138. The molecule has 0 radical (unpaired) electrons. The van der Waals surface area contributed by atoms with E-state index in [9.17, 15) is 4.79 Å². The predicted molar refractivity (Wildman–Crippen MR) is 69.5 cm³/mol. The number of rotatable bonds is 3. The minimum absolute atomic E-state index is 0.213.